The topological polar surface area (TPSA) is 50.2 Å². The molecule has 0 aliphatic heterocycles. The Morgan fingerprint density at radius 3 is 2.47 bits per heavy atom. The van der Waals surface area contributed by atoms with Gasteiger partial charge in [-0.2, -0.15) is 0 Å². The second kappa shape index (κ2) is 4.53. The van der Waals surface area contributed by atoms with E-state index in [1.807, 2.05) is 48.5 Å². The molecule has 0 saturated heterocycles. The van der Waals surface area contributed by atoms with Crippen LogP contribution in [0.15, 0.2) is 60.8 Å². The fourth-order valence-corrected chi connectivity index (χ4v) is 2.14. The minimum Gasteiger partial charge on any atom is -0.478 e. The molecule has 3 aromatic rings. The molecule has 0 atom stereocenters. The minimum atomic E-state index is -0.931. The van der Waals surface area contributed by atoms with E-state index in [-0.39, 0.29) is 5.56 Å². The van der Waals surface area contributed by atoms with E-state index in [1.54, 1.807) is 0 Å². The molecular weight excluding hydrogens is 238 g/mol. The van der Waals surface area contributed by atoms with Gasteiger partial charge in [0, 0.05) is 11.6 Å². The van der Waals surface area contributed by atoms with E-state index in [0.717, 1.165) is 11.1 Å². The van der Waals surface area contributed by atoms with Crippen molar-refractivity contribution in [3.05, 3.63) is 66.4 Å². The highest BCUT2D eigenvalue weighted by Crippen LogP contribution is 2.24. The van der Waals surface area contributed by atoms with Crippen LogP contribution in [0.1, 0.15) is 10.4 Å². The maximum Gasteiger partial charge on any atom is 0.336 e. The summed E-state index contributed by atoms with van der Waals surface area (Å²) in [5.74, 6) is -0.931. The van der Waals surface area contributed by atoms with Gasteiger partial charge in [0.05, 0.1) is 11.1 Å². The normalized spacial score (nSPS) is 10.5. The van der Waals surface area contributed by atoms with Crippen LogP contribution in [0, 0.1) is 0 Å². The highest BCUT2D eigenvalue weighted by atomic mass is 16.4. The molecule has 0 fully saturated rings. The number of carbonyl (C=O) groups is 1. The Hall–Kier alpha value is -2.68. The SMILES string of the molecule is O=C(O)c1ccnc2cc(-c3ccccc3)ccc12. The molecule has 3 heteroatoms. The summed E-state index contributed by atoms with van der Waals surface area (Å²) in [4.78, 5) is 15.4. The molecule has 0 saturated carbocycles. The Balaban J connectivity index is 2.20. The number of hydrogen-bond donors (Lipinski definition) is 1. The van der Waals surface area contributed by atoms with Gasteiger partial charge in [0.1, 0.15) is 0 Å². The smallest absolute Gasteiger partial charge is 0.336 e. The molecule has 0 amide bonds. The zero-order valence-electron chi connectivity index (χ0n) is 10.1. The van der Waals surface area contributed by atoms with Crippen LogP contribution in [0.2, 0.25) is 0 Å². The number of carboxylic acid groups (broad SMARTS) is 1. The third-order valence-electron chi connectivity index (χ3n) is 3.08. The van der Waals surface area contributed by atoms with Crippen molar-refractivity contribution in [3.63, 3.8) is 0 Å². The Morgan fingerprint density at radius 2 is 1.74 bits per heavy atom. The molecule has 1 aromatic heterocycles. The van der Waals surface area contributed by atoms with Gasteiger partial charge < -0.3 is 5.11 Å². The second-order valence-electron chi connectivity index (χ2n) is 4.26. The predicted octanol–water partition coefficient (Wildman–Crippen LogP) is 3.60. The lowest BCUT2D eigenvalue weighted by molar-refractivity contribution is 0.0699. The van der Waals surface area contributed by atoms with Crippen LogP contribution in [0.3, 0.4) is 0 Å². The average molecular weight is 249 g/mol. The quantitative estimate of drug-likeness (QED) is 0.754. The van der Waals surface area contributed by atoms with Crippen molar-refractivity contribution in [1.82, 2.24) is 4.98 Å². The van der Waals surface area contributed by atoms with Gasteiger partial charge in [-0.15, -0.1) is 0 Å². The fraction of sp³-hybridized carbons (Fsp3) is 0. The highest BCUT2D eigenvalue weighted by Gasteiger charge is 2.09. The molecule has 1 N–H and O–H groups in total. The van der Waals surface area contributed by atoms with Crippen LogP contribution in [0.5, 0.6) is 0 Å². The van der Waals surface area contributed by atoms with Gasteiger partial charge in [-0.1, -0.05) is 42.5 Å². The van der Waals surface area contributed by atoms with Crippen molar-refractivity contribution in [3.8, 4) is 11.1 Å². The van der Waals surface area contributed by atoms with Gasteiger partial charge >= 0.3 is 5.97 Å². The first-order chi connectivity index (χ1) is 9.25. The van der Waals surface area contributed by atoms with Crippen molar-refractivity contribution in [2.45, 2.75) is 0 Å². The number of pyridine rings is 1. The molecule has 0 unspecified atom stereocenters. The van der Waals surface area contributed by atoms with E-state index in [4.69, 9.17) is 5.11 Å². The lowest BCUT2D eigenvalue weighted by Gasteiger charge is -2.05. The maximum atomic E-state index is 11.1. The summed E-state index contributed by atoms with van der Waals surface area (Å²) in [6, 6.07) is 17.1. The fourth-order valence-electron chi connectivity index (χ4n) is 2.14. The van der Waals surface area contributed by atoms with Gasteiger partial charge in [-0.25, -0.2) is 4.79 Å². The number of rotatable bonds is 2. The van der Waals surface area contributed by atoms with Crippen LogP contribution in [-0.4, -0.2) is 16.1 Å². The molecule has 2 aromatic carbocycles. The van der Waals surface area contributed by atoms with Crippen molar-refractivity contribution in [2.75, 3.05) is 0 Å². The van der Waals surface area contributed by atoms with Gasteiger partial charge in [-0.3, -0.25) is 4.98 Å². The van der Waals surface area contributed by atoms with Gasteiger partial charge in [0.25, 0.3) is 0 Å². The third-order valence-corrected chi connectivity index (χ3v) is 3.08. The van der Waals surface area contributed by atoms with Gasteiger partial charge in [0.2, 0.25) is 0 Å². The molecule has 92 valence electrons. The molecule has 1 heterocycles. The van der Waals surface area contributed by atoms with Crippen molar-refractivity contribution in [2.24, 2.45) is 0 Å². The summed E-state index contributed by atoms with van der Waals surface area (Å²) < 4.78 is 0. The lowest BCUT2D eigenvalue weighted by atomic mass is 10.0. The number of benzene rings is 2. The first-order valence-corrected chi connectivity index (χ1v) is 5.93. The van der Waals surface area contributed by atoms with Crippen molar-refractivity contribution >= 4 is 16.9 Å². The summed E-state index contributed by atoms with van der Waals surface area (Å²) in [5, 5.41) is 9.80. The summed E-state index contributed by atoms with van der Waals surface area (Å²) in [6.45, 7) is 0. The lowest BCUT2D eigenvalue weighted by Crippen LogP contribution is -1.98. The van der Waals surface area contributed by atoms with Crippen LogP contribution in [0.25, 0.3) is 22.0 Å². The molecule has 19 heavy (non-hydrogen) atoms. The van der Waals surface area contributed by atoms with Crippen LogP contribution in [0.4, 0.5) is 0 Å². The number of fused-ring (bicyclic) bond motifs is 1. The number of nitrogens with zero attached hydrogens (tertiary/aromatic N) is 1. The molecule has 0 bridgehead atoms. The van der Waals surface area contributed by atoms with Crippen molar-refractivity contribution in [1.29, 1.82) is 0 Å². The van der Waals surface area contributed by atoms with Gasteiger partial charge in [0.15, 0.2) is 0 Å². The number of aromatic nitrogens is 1. The Bertz CT molecular complexity index is 751. The summed E-state index contributed by atoms with van der Waals surface area (Å²) in [7, 11) is 0. The summed E-state index contributed by atoms with van der Waals surface area (Å²) in [5.41, 5.74) is 3.10. The molecule has 3 nitrogen and oxygen atoms in total. The van der Waals surface area contributed by atoms with E-state index < -0.39 is 5.97 Å². The van der Waals surface area contributed by atoms with Crippen LogP contribution in [-0.2, 0) is 0 Å². The first kappa shape index (κ1) is 11.4. The molecule has 0 spiro atoms. The Kier molecular flexibility index (Phi) is 2.72. The van der Waals surface area contributed by atoms with Crippen molar-refractivity contribution < 1.29 is 9.90 Å². The zero-order valence-corrected chi connectivity index (χ0v) is 10.1. The first-order valence-electron chi connectivity index (χ1n) is 5.93. The van der Waals surface area contributed by atoms with E-state index in [9.17, 15) is 4.79 Å². The number of carboxylic acids is 1. The molecule has 0 radical (unpaired) electrons. The maximum absolute atomic E-state index is 11.1. The van der Waals surface area contributed by atoms with Crippen LogP contribution < -0.4 is 0 Å². The van der Waals surface area contributed by atoms with Gasteiger partial charge in [-0.05, 0) is 23.3 Å². The molecule has 0 aliphatic carbocycles. The largest absolute Gasteiger partial charge is 0.478 e. The molecular formula is C16H11NO2. The van der Waals surface area contributed by atoms with E-state index in [2.05, 4.69) is 4.98 Å². The number of aromatic carboxylic acids is 1. The third kappa shape index (κ3) is 2.06. The van der Waals surface area contributed by atoms with E-state index in [1.165, 1.54) is 12.3 Å². The molecule has 0 aliphatic rings. The zero-order chi connectivity index (χ0) is 13.2. The standard InChI is InChI=1S/C16H11NO2/c18-16(19)14-8-9-17-15-10-12(6-7-13(14)15)11-4-2-1-3-5-11/h1-10H,(H,18,19). The minimum absolute atomic E-state index is 0.282. The predicted molar refractivity (Wildman–Crippen MR) is 74.1 cm³/mol. The Morgan fingerprint density at radius 1 is 0.947 bits per heavy atom. The number of hydrogen-bond acceptors (Lipinski definition) is 2. The molecule has 3 rings (SSSR count). The summed E-state index contributed by atoms with van der Waals surface area (Å²) in [6.07, 6.45) is 1.53. The second-order valence-corrected chi connectivity index (χ2v) is 4.26. The monoisotopic (exact) mass is 249 g/mol. The summed E-state index contributed by atoms with van der Waals surface area (Å²) >= 11 is 0. The Labute approximate surface area is 110 Å². The highest BCUT2D eigenvalue weighted by molar-refractivity contribution is 6.03. The van der Waals surface area contributed by atoms with E-state index in [0.29, 0.717) is 10.9 Å². The average Bonchev–Trinajstić information content (AvgIpc) is 2.47. The van der Waals surface area contributed by atoms with E-state index >= 15 is 0 Å². The van der Waals surface area contributed by atoms with Crippen LogP contribution >= 0.6 is 0 Å².